The summed E-state index contributed by atoms with van der Waals surface area (Å²) in [4.78, 5) is 64.4. The van der Waals surface area contributed by atoms with E-state index in [1.807, 2.05) is 42.5 Å². The molecule has 4 amide bonds. The van der Waals surface area contributed by atoms with Gasteiger partial charge in [0, 0.05) is 48.9 Å². The van der Waals surface area contributed by atoms with Crippen molar-refractivity contribution in [1.82, 2.24) is 30.8 Å². The molecule has 0 fully saturated rings. The second-order valence-corrected chi connectivity index (χ2v) is 14.3. The third-order valence-electron chi connectivity index (χ3n) is 8.18. The van der Waals surface area contributed by atoms with Crippen LogP contribution in [-0.2, 0) is 17.8 Å². The number of hydrogen-bond donors (Lipinski definition) is 4. The Labute approximate surface area is 306 Å². The molecule has 4 aromatic rings. The standard InChI is InChI=1S/C36H43N7O4S2.ClH/c1-23(2)18-27-34-42-30(22-49-34)33(46)40-28(19-24-8-4-3-5-9-24)35-41-29(21-48-35)32(45)38-15-7-17-43(16-6-10-31(44)39-27)36(47)26-13-11-25(20-37)12-14-26;/h3-5,8-9,11-14,21-23,27-28H,6-7,10,15-20,37H2,1-2H3,(H,38,45)(H,39,44)(H,40,46);1H/t27?,28-;/m0./s1. The minimum atomic E-state index is -0.495. The lowest BCUT2D eigenvalue weighted by atomic mass is 10.0. The van der Waals surface area contributed by atoms with Crippen LogP contribution in [0.4, 0.5) is 0 Å². The van der Waals surface area contributed by atoms with E-state index in [1.165, 1.54) is 22.7 Å². The van der Waals surface area contributed by atoms with Gasteiger partial charge in [0.25, 0.3) is 17.7 Å². The lowest BCUT2D eigenvalue weighted by Gasteiger charge is -2.23. The summed E-state index contributed by atoms with van der Waals surface area (Å²) >= 11 is 2.65. The molecule has 50 heavy (non-hydrogen) atoms. The molecule has 1 aliphatic rings. The van der Waals surface area contributed by atoms with E-state index in [4.69, 9.17) is 5.73 Å². The van der Waals surface area contributed by atoms with Gasteiger partial charge in [0.2, 0.25) is 5.91 Å². The van der Waals surface area contributed by atoms with E-state index in [-0.39, 0.29) is 65.8 Å². The maximum absolute atomic E-state index is 13.6. The molecule has 0 spiro atoms. The van der Waals surface area contributed by atoms with E-state index < -0.39 is 6.04 Å². The Balaban J connectivity index is 0.00000562. The highest BCUT2D eigenvalue weighted by Gasteiger charge is 2.26. The van der Waals surface area contributed by atoms with Gasteiger partial charge in [0.1, 0.15) is 21.4 Å². The highest BCUT2D eigenvalue weighted by Crippen LogP contribution is 2.27. The van der Waals surface area contributed by atoms with Crippen LogP contribution in [0, 0.1) is 5.92 Å². The highest BCUT2D eigenvalue weighted by atomic mass is 35.5. The van der Waals surface area contributed by atoms with Crippen molar-refractivity contribution in [2.24, 2.45) is 11.7 Å². The predicted molar refractivity (Wildman–Crippen MR) is 199 cm³/mol. The molecular weight excluding hydrogens is 694 g/mol. The van der Waals surface area contributed by atoms with Crippen LogP contribution in [0.1, 0.15) is 104 Å². The molecular formula is C36H44ClN7O4S2. The van der Waals surface area contributed by atoms with Crippen LogP contribution in [-0.4, -0.2) is 58.1 Å². The number of benzene rings is 2. The van der Waals surface area contributed by atoms with Crippen molar-refractivity contribution in [2.45, 2.75) is 64.6 Å². The van der Waals surface area contributed by atoms with Crippen LogP contribution >= 0.6 is 35.1 Å². The van der Waals surface area contributed by atoms with Crippen molar-refractivity contribution in [3.8, 4) is 0 Å². The van der Waals surface area contributed by atoms with Gasteiger partial charge in [0.15, 0.2) is 0 Å². The number of thiazole rings is 2. The smallest absolute Gasteiger partial charge is 0.271 e. The summed E-state index contributed by atoms with van der Waals surface area (Å²) in [5, 5.41) is 13.8. The third-order valence-corrected chi connectivity index (χ3v) is 10.1. The number of nitrogens with zero attached hydrogens (tertiary/aromatic N) is 3. The summed E-state index contributed by atoms with van der Waals surface area (Å²) in [7, 11) is 0. The van der Waals surface area contributed by atoms with Gasteiger partial charge in [-0.05, 0) is 54.9 Å². The fourth-order valence-corrected chi connectivity index (χ4v) is 7.33. The van der Waals surface area contributed by atoms with E-state index in [1.54, 1.807) is 27.8 Å². The molecule has 266 valence electrons. The summed E-state index contributed by atoms with van der Waals surface area (Å²) in [5.41, 5.74) is 8.74. The van der Waals surface area contributed by atoms with Gasteiger partial charge < -0.3 is 26.6 Å². The molecule has 5 rings (SSSR count). The zero-order valence-corrected chi connectivity index (χ0v) is 30.7. The topological polar surface area (TPSA) is 159 Å². The molecule has 2 aromatic heterocycles. The Kier molecular flexibility index (Phi) is 14.5. The van der Waals surface area contributed by atoms with E-state index in [9.17, 15) is 19.2 Å². The Hall–Kier alpha value is -4.17. The first kappa shape index (κ1) is 38.6. The van der Waals surface area contributed by atoms with E-state index in [2.05, 4.69) is 39.8 Å². The van der Waals surface area contributed by atoms with Crippen molar-refractivity contribution in [2.75, 3.05) is 19.6 Å². The van der Waals surface area contributed by atoms with Crippen molar-refractivity contribution in [3.63, 3.8) is 0 Å². The molecule has 4 bridgehead atoms. The fraction of sp³-hybridized carbons (Fsp3) is 0.389. The molecule has 1 unspecified atom stereocenters. The zero-order valence-electron chi connectivity index (χ0n) is 28.2. The monoisotopic (exact) mass is 737 g/mol. The van der Waals surface area contributed by atoms with Crippen LogP contribution in [0.5, 0.6) is 0 Å². The van der Waals surface area contributed by atoms with Crippen LogP contribution in [0.25, 0.3) is 0 Å². The lowest BCUT2D eigenvalue weighted by Crippen LogP contribution is -2.36. The van der Waals surface area contributed by atoms with E-state index >= 15 is 0 Å². The third kappa shape index (κ3) is 10.7. The van der Waals surface area contributed by atoms with E-state index in [0.717, 1.165) is 11.1 Å². The van der Waals surface area contributed by atoms with Crippen molar-refractivity contribution >= 4 is 58.7 Å². The van der Waals surface area contributed by atoms with Crippen LogP contribution in [0.3, 0.4) is 0 Å². The Morgan fingerprint density at radius 3 is 2.16 bits per heavy atom. The Morgan fingerprint density at radius 1 is 0.860 bits per heavy atom. The maximum Gasteiger partial charge on any atom is 0.271 e. The summed E-state index contributed by atoms with van der Waals surface area (Å²) in [6.45, 7) is 5.63. The number of carbonyl (C=O) groups is 4. The van der Waals surface area contributed by atoms with Gasteiger partial charge in [-0.3, -0.25) is 19.2 Å². The highest BCUT2D eigenvalue weighted by molar-refractivity contribution is 7.10. The molecule has 0 saturated heterocycles. The van der Waals surface area contributed by atoms with Crippen LogP contribution in [0.2, 0.25) is 0 Å². The number of amides is 4. The molecule has 0 aliphatic carbocycles. The first-order valence-electron chi connectivity index (χ1n) is 16.6. The van der Waals surface area contributed by atoms with Crippen molar-refractivity contribution in [3.05, 3.63) is 103 Å². The fourth-order valence-electron chi connectivity index (χ4n) is 5.62. The van der Waals surface area contributed by atoms with Crippen LogP contribution < -0.4 is 21.7 Å². The number of halogens is 1. The quantitative estimate of drug-likeness (QED) is 0.205. The van der Waals surface area contributed by atoms with Gasteiger partial charge in [-0.2, -0.15) is 0 Å². The summed E-state index contributed by atoms with van der Waals surface area (Å²) in [6, 6.07) is 16.1. The number of rotatable bonds is 6. The van der Waals surface area contributed by atoms with E-state index in [0.29, 0.717) is 67.4 Å². The number of hydrogen-bond acceptors (Lipinski definition) is 9. The predicted octanol–water partition coefficient (Wildman–Crippen LogP) is 5.45. The average molecular weight is 738 g/mol. The summed E-state index contributed by atoms with van der Waals surface area (Å²) < 4.78 is 0. The summed E-state index contributed by atoms with van der Waals surface area (Å²) in [6.07, 6.45) is 2.31. The van der Waals surface area contributed by atoms with Gasteiger partial charge >= 0.3 is 0 Å². The normalized spacial score (nSPS) is 17.9. The number of fused-ring (bicyclic) bond motifs is 4. The molecule has 2 atom stereocenters. The zero-order chi connectivity index (χ0) is 34.8. The molecule has 5 N–H and O–H groups in total. The number of nitrogens with one attached hydrogen (secondary N) is 3. The SMILES string of the molecule is CC(C)CC1NC(=O)CCCN(C(=O)c2ccc(CN)cc2)CCCNC(=O)c2csc(n2)[C@H](Cc2ccccc2)NC(=O)c2csc1n2.Cl. The number of nitrogens with two attached hydrogens (primary N) is 1. The average Bonchev–Trinajstić information content (AvgIpc) is 3.80. The van der Waals surface area contributed by atoms with Crippen molar-refractivity contribution < 1.29 is 19.2 Å². The molecule has 0 radical (unpaired) electrons. The minimum Gasteiger partial charge on any atom is -0.351 e. The molecule has 11 nitrogen and oxygen atoms in total. The van der Waals surface area contributed by atoms with Crippen molar-refractivity contribution in [1.29, 1.82) is 0 Å². The molecule has 0 saturated carbocycles. The second kappa shape index (κ2) is 18.7. The summed E-state index contributed by atoms with van der Waals surface area (Å²) in [5.74, 6) is -0.706. The van der Waals surface area contributed by atoms with Gasteiger partial charge in [-0.15, -0.1) is 35.1 Å². The van der Waals surface area contributed by atoms with Gasteiger partial charge in [-0.25, -0.2) is 9.97 Å². The lowest BCUT2D eigenvalue weighted by molar-refractivity contribution is -0.122. The van der Waals surface area contributed by atoms with Crippen LogP contribution in [0.15, 0.2) is 65.4 Å². The maximum atomic E-state index is 13.6. The second-order valence-electron chi connectivity index (χ2n) is 12.5. The molecule has 2 aromatic carbocycles. The number of aromatic nitrogens is 2. The minimum absolute atomic E-state index is 0. The van der Waals surface area contributed by atoms with Gasteiger partial charge in [0.05, 0.1) is 12.1 Å². The molecule has 3 heterocycles. The Morgan fingerprint density at radius 2 is 1.50 bits per heavy atom. The Bertz CT molecular complexity index is 1730. The first-order valence-corrected chi connectivity index (χ1v) is 18.4. The largest absolute Gasteiger partial charge is 0.351 e. The molecule has 14 heteroatoms. The first-order chi connectivity index (χ1) is 23.7. The van der Waals surface area contributed by atoms with Gasteiger partial charge in [-0.1, -0.05) is 56.3 Å². The molecule has 1 aliphatic heterocycles. The number of carbonyl (C=O) groups excluding carboxylic acids is 4.